The van der Waals surface area contributed by atoms with E-state index in [2.05, 4.69) is 50.6 Å². The number of nitrogens with one attached hydrogen (secondary N) is 3. The van der Waals surface area contributed by atoms with Crippen molar-refractivity contribution in [3.8, 4) is 0 Å². The highest BCUT2D eigenvalue weighted by atomic mass is 16.2. The molecular formula is C29H49N5O3. The minimum absolute atomic E-state index is 0.0335. The summed E-state index contributed by atoms with van der Waals surface area (Å²) < 4.78 is 0. The lowest BCUT2D eigenvalue weighted by atomic mass is 9.92. The number of rotatable bonds is 10. The van der Waals surface area contributed by atoms with Gasteiger partial charge in [-0.25, -0.2) is 9.59 Å². The summed E-state index contributed by atoms with van der Waals surface area (Å²) in [4.78, 5) is 43.0. The quantitative estimate of drug-likeness (QED) is 0.359. The molecule has 208 valence electrons. The molecule has 0 spiro atoms. The van der Waals surface area contributed by atoms with E-state index in [4.69, 9.17) is 0 Å². The Morgan fingerprint density at radius 2 is 1.62 bits per heavy atom. The summed E-state index contributed by atoms with van der Waals surface area (Å²) in [5.74, 6) is 0.369. The van der Waals surface area contributed by atoms with Crippen LogP contribution in [0.3, 0.4) is 0 Å². The molecule has 0 aliphatic carbocycles. The van der Waals surface area contributed by atoms with E-state index in [-0.39, 0.29) is 41.8 Å². The van der Waals surface area contributed by atoms with Gasteiger partial charge in [0.2, 0.25) is 5.91 Å². The first-order valence-electron chi connectivity index (χ1n) is 14.0. The predicted octanol–water partition coefficient (Wildman–Crippen LogP) is 5.51. The van der Waals surface area contributed by atoms with Crippen LogP contribution < -0.4 is 16.0 Å². The van der Waals surface area contributed by atoms with Gasteiger partial charge in [-0.15, -0.1) is 0 Å². The molecule has 8 nitrogen and oxygen atoms in total. The summed E-state index contributed by atoms with van der Waals surface area (Å²) in [6, 6.07) is 4.94. The van der Waals surface area contributed by atoms with Crippen molar-refractivity contribution >= 4 is 23.7 Å². The Kier molecular flexibility index (Phi) is 11.7. The van der Waals surface area contributed by atoms with Crippen molar-refractivity contribution in [3.05, 3.63) is 29.3 Å². The van der Waals surface area contributed by atoms with E-state index in [0.29, 0.717) is 26.2 Å². The van der Waals surface area contributed by atoms with Gasteiger partial charge in [0, 0.05) is 37.9 Å². The molecule has 1 saturated heterocycles. The highest BCUT2D eigenvalue weighted by Crippen LogP contribution is 2.32. The van der Waals surface area contributed by atoms with E-state index in [1.165, 1.54) is 0 Å². The minimum atomic E-state index is -0.643. The number of carbonyl (C=O) groups excluding carboxylic acids is 3. The number of benzene rings is 1. The van der Waals surface area contributed by atoms with Crippen LogP contribution in [0.2, 0.25) is 0 Å². The van der Waals surface area contributed by atoms with E-state index < -0.39 is 6.04 Å². The van der Waals surface area contributed by atoms with Crippen LogP contribution in [0, 0.1) is 5.92 Å². The number of amides is 5. The molecule has 1 aliphatic rings. The van der Waals surface area contributed by atoms with Gasteiger partial charge in [0.1, 0.15) is 6.04 Å². The third kappa shape index (κ3) is 8.11. The summed E-state index contributed by atoms with van der Waals surface area (Å²) in [6.07, 6.45) is 2.73. The van der Waals surface area contributed by atoms with Gasteiger partial charge in [0.25, 0.3) is 0 Å². The van der Waals surface area contributed by atoms with Crippen LogP contribution in [0.15, 0.2) is 18.2 Å². The molecule has 3 atom stereocenters. The summed E-state index contributed by atoms with van der Waals surface area (Å²) in [5.41, 5.74) is 2.99. The van der Waals surface area contributed by atoms with E-state index in [9.17, 15) is 14.4 Å². The fraction of sp³-hybridized carbons (Fsp3) is 0.690. The summed E-state index contributed by atoms with van der Waals surface area (Å²) in [7, 11) is 0. The third-order valence-electron chi connectivity index (χ3n) is 7.38. The van der Waals surface area contributed by atoms with E-state index >= 15 is 0 Å². The molecule has 5 amide bonds. The molecule has 3 unspecified atom stereocenters. The molecule has 1 aromatic rings. The van der Waals surface area contributed by atoms with Crippen LogP contribution in [0.5, 0.6) is 0 Å². The fourth-order valence-corrected chi connectivity index (χ4v) is 4.80. The summed E-state index contributed by atoms with van der Waals surface area (Å²) in [6.45, 7) is 18.6. The van der Waals surface area contributed by atoms with Gasteiger partial charge >= 0.3 is 12.1 Å². The highest BCUT2D eigenvalue weighted by molar-refractivity contribution is 5.95. The molecule has 0 bridgehead atoms. The van der Waals surface area contributed by atoms with Crippen molar-refractivity contribution in [1.82, 2.24) is 20.4 Å². The number of carbonyl (C=O) groups is 3. The first kappa shape index (κ1) is 30.5. The SMILES string of the molecule is CCCCNC(=O)N1CCN(C(=O)C(NC(=O)Nc2c(C(C)C)cccc2C(C)C)C(C)CC)CC1C. The zero-order chi connectivity index (χ0) is 27.7. The van der Waals surface area contributed by atoms with Crippen LogP contribution in [0.25, 0.3) is 0 Å². The Hall–Kier alpha value is -2.77. The fourth-order valence-electron chi connectivity index (χ4n) is 4.80. The largest absolute Gasteiger partial charge is 0.338 e. The second-order valence-electron chi connectivity index (χ2n) is 11.0. The topological polar surface area (TPSA) is 93.8 Å². The maximum Gasteiger partial charge on any atom is 0.319 e. The normalized spacial score (nSPS) is 17.5. The van der Waals surface area contributed by atoms with Crippen LogP contribution >= 0.6 is 0 Å². The molecule has 1 heterocycles. The first-order chi connectivity index (χ1) is 17.5. The molecule has 37 heavy (non-hydrogen) atoms. The average molecular weight is 516 g/mol. The molecule has 3 N–H and O–H groups in total. The maximum atomic E-state index is 13.6. The molecule has 0 saturated carbocycles. The van der Waals surface area contributed by atoms with Gasteiger partial charge in [-0.2, -0.15) is 0 Å². The Morgan fingerprint density at radius 1 is 1.00 bits per heavy atom. The van der Waals surface area contributed by atoms with Crippen LogP contribution in [0.4, 0.5) is 15.3 Å². The van der Waals surface area contributed by atoms with Crippen LogP contribution in [-0.2, 0) is 4.79 Å². The number of hydrogen-bond acceptors (Lipinski definition) is 3. The van der Waals surface area contributed by atoms with Gasteiger partial charge in [0.15, 0.2) is 0 Å². The van der Waals surface area contributed by atoms with Crippen LogP contribution in [-0.4, -0.2) is 66.0 Å². The van der Waals surface area contributed by atoms with Gasteiger partial charge in [-0.3, -0.25) is 4.79 Å². The monoisotopic (exact) mass is 515 g/mol. The van der Waals surface area contributed by atoms with E-state index in [0.717, 1.165) is 36.1 Å². The molecule has 0 radical (unpaired) electrons. The highest BCUT2D eigenvalue weighted by Gasteiger charge is 2.35. The summed E-state index contributed by atoms with van der Waals surface area (Å²) in [5, 5.41) is 9.05. The number of nitrogens with zero attached hydrogens (tertiary/aromatic N) is 2. The van der Waals surface area contributed by atoms with Gasteiger partial charge in [-0.05, 0) is 42.2 Å². The number of hydrogen-bond donors (Lipinski definition) is 3. The Bertz CT molecular complexity index is 891. The Balaban J connectivity index is 2.13. The lowest BCUT2D eigenvalue weighted by molar-refractivity contribution is -0.136. The standard InChI is InChI=1S/C29H49N5O3/c1-9-11-15-30-29(37)34-17-16-33(18-22(34)8)27(35)25(21(7)10-2)31-28(36)32-26-23(19(3)4)13-12-14-24(26)20(5)6/h12-14,19-22,25H,9-11,15-18H2,1-8H3,(H,30,37)(H2,31,32,36). The number of unbranched alkanes of at least 4 members (excludes halogenated alkanes) is 1. The number of piperazine rings is 1. The van der Waals surface area contributed by atoms with Crippen molar-refractivity contribution in [2.24, 2.45) is 5.92 Å². The smallest absolute Gasteiger partial charge is 0.319 e. The van der Waals surface area contributed by atoms with Crippen LogP contribution in [0.1, 0.15) is 97.6 Å². The van der Waals surface area contributed by atoms with Crippen molar-refractivity contribution in [1.29, 1.82) is 0 Å². The molecule has 8 heteroatoms. The molecule has 0 aromatic heterocycles. The van der Waals surface area contributed by atoms with Crippen molar-refractivity contribution in [2.75, 3.05) is 31.5 Å². The van der Waals surface area contributed by atoms with Gasteiger partial charge < -0.3 is 25.8 Å². The van der Waals surface area contributed by atoms with E-state index in [1.807, 2.05) is 39.0 Å². The second-order valence-corrected chi connectivity index (χ2v) is 11.0. The number of anilines is 1. The molecule has 2 rings (SSSR count). The van der Waals surface area contributed by atoms with Gasteiger partial charge in [0.05, 0.1) is 0 Å². The zero-order valence-electron chi connectivity index (χ0n) is 24.2. The maximum absolute atomic E-state index is 13.6. The second kappa shape index (κ2) is 14.2. The van der Waals surface area contributed by atoms with Gasteiger partial charge in [-0.1, -0.05) is 79.5 Å². The number of urea groups is 2. The predicted molar refractivity (Wildman–Crippen MR) is 151 cm³/mol. The number of para-hydroxylation sites is 1. The lowest BCUT2D eigenvalue weighted by Crippen LogP contribution is -2.61. The zero-order valence-corrected chi connectivity index (χ0v) is 24.2. The first-order valence-corrected chi connectivity index (χ1v) is 14.0. The third-order valence-corrected chi connectivity index (χ3v) is 7.38. The molecule has 1 aromatic carbocycles. The summed E-state index contributed by atoms with van der Waals surface area (Å²) >= 11 is 0. The average Bonchev–Trinajstić information content (AvgIpc) is 2.86. The minimum Gasteiger partial charge on any atom is -0.338 e. The molecule has 1 aliphatic heterocycles. The Labute approximate surface area is 223 Å². The van der Waals surface area contributed by atoms with Crippen molar-refractivity contribution in [2.45, 2.75) is 98.6 Å². The van der Waals surface area contributed by atoms with E-state index in [1.54, 1.807) is 9.80 Å². The Morgan fingerprint density at radius 3 is 2.14 bits per heavy atom. The van der Waals surface area contributed by atoms with Crippen molar-refractivity contribution < 1.29 is 14.4 Å². The molecular weight excluding hydrogens is 466 g/mol. The van der Waals surface area contributed by atoms with Crippen molar-refractivity contribution in [3.63, 3.8) is 0 Å². The lowest BCUT2D eigenvalue weighted by Gasteiger charge is -2.41. The molecule has 1 fully saturated rings.